The van der Waals surface area contributed by atoms with Crippen LogP contribution in [0, 0.1) is 0 Å². The first-order chi connectivity index (χ1) is 13.8. The van der Waals surface area contributed by atoms with Crippen LogP contribution in [-0.2, 0) is 13.0 Å². The first-order valence-electron chi connectivity index (χ1n) is 9.21. The molecule has 138 valence electrons. The van der Waals surface area contributed by atoms with Gasteiger partial charge in [-0.1, -0.05) is 60.7 Å². The Balaban J connectivity index is 1.75. The Morgan fingerprint density at radius 1 is 0.964 bits per heavy atom. The molecule has 0 atom stereocenters. The molecule has 0 aliphatic carbocycles. The maximum absolute atomic E-state index is 10.5. The number of para-hydroxylation sites is 3. The van der Waals surface area contributed by atoms with E-state index < -0.39 is 0 Å². The van der Waals surface area contributed by atoms with Gasteiger partial charge in [0.25, 0.3) is 0 Å². The molecule has 0 saturated carbocycles. The summed E-state index contributed by atoms with van der Waals surface area (Å²) in [6, 6.07) is 23.9. The Morgan fingerprint density at radius 2 is 1.75 bits per heavy atom. The fourth-order valence-corrected chi connectivity index (χ4v) is 3.25. The quantitative estimate of drug-likeness (QED) is 0.373. The second kappa shape index (κ2) is 7.92. The number of phenolic OH excluding ortho intramolecular Hbond substituents is 1. The van der Waals surface area contributed by atoms with Crippen LogP contribution in [-0.4, -0.2) is 20.9 Å². The highest BCUT2D eigenvalue weighted by molar-refractivity contribution is 5.86. The smallest absolute Gasteiger partial charge is 0.230 e. The number of aliphatic imine (C=N–C) groups is 1. The van der Waals surface area contributed by atoms with E-state index in [1.807, 2.05) is 60.7 Å². The van der Waals surface area contributed by atoms with Gasteiger partial charge in [0.2, 0.25) is 5.95 Å². The fraction of sp³-hybridized carbons (Fsp3) is 0.0833. The number of benzene rings is 3. The monoisotopic (exact) mass is 367 g/mol. The molecule has 0 radical (unpaired) electrons. The lowest BCUT2D eigenvalue weighted by Gasteiger charge is -2.07. The third kappa shape index (κ3) is 3.58. The van der Waals surface area contributed by atoms with E-state index in [9.17, 15) is 5.11 Å². The van der Waals surface area contributed by atoms with Gasteiger partial charge in [-0.05, 0) is 35.7 Å². The molecule has 1 N–H and O–H groups in total. The van der Waals surface area contributed by atoms with Crippen LogP contribution in [0.3, 0.4) is 0 Å². The van der Waals surface area contributed by atoms with Gasteiger partial charge in [-0.3, -0.25) is 0 Å². The van der Waals surface area contributed by atoms with Gasteiger partial charge >= 0.3 is 0 Å². The molecule has 4 nitrogen and oxygen atoms in total. The van der Waals surface area contributed by atoms with E-state index in [0.29, 0.717) is 24.5 Å². The minimum Gasteiger partial charge on any atom is -0.507 e. The number of fused-ring (bicyclic) bond motifs is 1. The number of imidazole rings is 1. The number of phenols is 1. The molecule has 3 aromatic carbocycles. The summed E-state index contributed by atoms with van der Waals surface area (Å²) in [6.45, 7) is 4.42. The zero-order chi connectivity index (χ0) is 19.3. The summed E-state index contributed by atoms with van der Waals surface area (Å²) in [7, 11) is 0. The van der Waals surface area contributed by atoms with Crippen molar-refractivity contribution in [3.05, 3.63) is 102 Å². The average molecular weight is 367 g/mol. The summed E-state index contributed by atoms with van der Waals surface area (Å²) in [5.74, 6) is 0.843. The van der Waals surface area contributed by atoms with Crippen LogP contribution < -0.4 is 0 Å². The maximum atomic E-state index is 10.5. The van der Waals surface area contributed by atoms with E-state index in [0.717, 1.165) is 16.6 Å². The molecular weight excluding hydrogens is 346 g/mol. The molecule has 4 rings (SSSR count). The van der Waals surface area contributed by atoms with Crippen molar-refractivity contribution in [3.63, 3.8) is 0 Å². The minimum atomic E-state index is 0.233. The molecule has 4 heteroatoms. The fourth-order valence-electron chi connectivity index (χ4n) is 3.25. The molecule has 0 aliphatic heterocycles. The molecule has 0 unspecified atom stereocenters. The standard InChI is InChI=1S/C24H21N3O/c1-2-9-19-12-8-13-20(23(19)28)16-25-24-26-21-14-6-7-15-22(21)27(24)17-18-10-4-3-5-11-18/h2-8,10-16,28H,1,9,17H2. The van der Waals surface area contributed by atoms with E-state index in [4.69, 9.17) is 0 Å². The Morgan fingerprint density at radius 3 is 2.57 bits per heavy atom. The van der Waals surface area contributed by atoms with Crippen molar-refractivity contribution in [3.8, 4) is 5.75 Å². The SMILES string of the molecule is C=CCc1cccc(C=Nc2nc3ccccc3n2Cc2ccccc2)c1O. The van der Waals surface area contributed by atoms with Gasteiger partial charge in [0.05, 0.1) is 17.6 Å². The molecule has 1 heterocycles. The number of allylic oxidation sites excluding steroid dienone is 1. The summed E-state index contributed by atoms with van der Waals surface area (Å²) in [6.07, 6.45) is 4.06. The van der Waals surface area contributed by atoms with Crippen LogP contribution in [0.2, 0.25) is 0 Å². The van der Waals surface area contributed by atoms with Gasteiger partial charge in [-0.25, -0.2) is 9.98 Å². The first-order valence-corrected chi connectivity index (χ1v) is 9.21. The number of aromatic nitrogens is 2. The van der Waals surface area contributed by atoms with Gasteiger partial charge < -0.3 is 9.67 Å². The predicted molar refractivity (Wildman–Crippen MR) is 115 cm³/mol. The topological polar surface area (TPSA) is 50.4 Å². The molecule has 0 amide bonds. The third-order valence-corrected chi connectivity index (χ3v) is 4.65. The van der Waals surface area contributed by atoms with Crippen molar-refractivity contribution in [2.75, 3.05) is 0 Å². The van der Waals surface area contributed by atoms with E-state index in [1.54, 1.807) is 12.3 Å². The van der Waals surface area contributed by atoms with Gasteiger partial charge in [0, 0.05) is 11.8 Å². The zero-order valence-electron chi connectivity index (χ0n) is 15.5. The van der Waals surface area contributed by atoms with Gasteiger partial charge in [-0.2, -0.15) is 0 Å². The minimum absolute atomic E-state index is 0.233. The van der Waals surface area contributed by atoms with Crippen LogP contribution in [0.1, 0.15) is 16.7 Å². The zero-order valence-corrected chi connectivity index (χ0v) is 15.5. The molecule has 0 spiro atoms. The number of rotatable bonds is 6. The molecule has 1 aromatic heterocycles. The van der Waals surface area contributed by atoms with Crippen LogP contribution in [0.4, 0.5) is 5.95 Å². The summed E-state index contributed by atoms with van der Waals surface area (Å²) >= 11 is 0. The number of aromatic hydroxyl groups is 1. The molecule has 4 aromatic rings. The summed E-state index contributed by atoms with van der Waals surface area (Å²) in [5, 5.41) is 10.5. The normalized spacial score (nSPS) is 11.3. The highest BCUT2D eigenvalue weighted by Crippen LogP contribution is 2.25. The largest absolute Gasteiger partial charge is 0.507 e. The molecule has 0 aliphatic rings. The molecule has 0 saturated heterocycles. The van der Waals surface area contributed by atoms with Crippen LogP contribution in [0.25, 0.3) is 11.0 Å². The van der Waals surface area contributed by atoms with Crippen molar-refractivity contribution in [1.29, 1.82) is 0 Å². The maximum Gasteiger partial charge on any atom is 0.230 e. The summed E-state index contributed by atoms with van der Waals surface area (Å²) in [5.41, 5.74) is 4.60. The summed E-state index contributed by atoms with van der Waals surface area (Å²) in [4.78, 5) is 9.29. The van der Waals surface area contributed by atoms with Gasteiger partial charge in [0.1, 0.15) is 5.75 Å². The lowest BCUT2D eigenvalue weighted by molar-refractivity contribution is 0.469. The number of nitrogens with zero attached hydrogens (tertiary/aromatic N) is 3. The van der Waals surface area contributed by atoms with Gasteiger partial charge in [-0.15, -0.1) is 6.58 Å². The van der Waals surface area contributed by atoms with Crippen LogP contribution in [0.5, 0.6) is 5.75 Å². The number of hydrogen-bond donors (Lipinski definition) is 1. The van der Waals surface area contributed by atoms with Crippen molar-refractivity contribution < 1.29 is 5.11 Å². The van der Waals surface area contributed by atoms with Crippen molar-refractivity contribution in [2.45, 2.75) is 13.0 Å². The van der Waals surface area contributed by atoms with E-state index in [2.05, 4.69) is 33.3 Å². The van der Waals surface area contributed by atoms with Crippen LogP contribution in [0.15, 0.2) is 90.4 Å². The van der Waals surface area contributed by atoms with E-state index in [1.165, 1.54) is 5.56 Å². The molecule has 28 heavy (non-hydrogen) atoms. The van der Waals surface area contributed by atoms with Crippen molar-refractivity contribution in [1.82, 2.24) is 9.55 Å². The molecular formula is C24H21N3O. The second-order valence-electron chi connectivity index (χ2n) is 6.58. The van der Waals surface area contributed by atoms with Crippen molar-refractivity contribution in [2.24, 2.45) is 4.99 Å². The number of hydrogen-bond acceptors (Lipinski definition) is 3. The Bertz CT molecular complexity index is 1140. The molecule has 0 bridgehead atoms. The van der Waals surface area contributed by atoms with Crippen molar-refractivity contribution >= 4 is 23.2 Å². The Labute approximate surface area is 164 Å². The first kappa shape index (κ1) is 17.7. The second-order valence-corrected chi connectivity index (χ2v) is 6.58. The summed E-state index contributed by atoms with van der Waals surface area (Å²) < 4.78 is 2.09. The predicted octanol–water partition coefficient (Wildman–Crippen LogP) is 5.27. The highest BCUT2D eigenvalue weighted by Gasteiger charge is 2.10. The van der Waals surface area contributed by atoms with E-state index >= 15 is 0 Å². The molecule has 0 fully saturated rings. The van der Waals surface area contributed by atoms with Crippen LogP contribution >= 0.6 is 0 Å². The van der Waals surface area contributed by atoms with Gasteiger partial charge in [0.15, 0.2) is 0 Å². The highest BCUT2D eigenvalue weighted by atomic mass is 16.3. The third-order valence-electron chi connectivity index (χ3n) is 4.65. The Hall–Kier alpha value is -3.66. The average Bonchev–Trinajstić information content (AvgIpc) is 3.07. The lowest BCUT2D eigenvalue weighted by atomic mass is 10.1. The lowest BCUT2D eigenvalue weighted by Crippen LogP contribution is -1.99. The Kier molecular flexibility index (Phi) is 5.02. The van der Waals surface area contributed by atoms with E-state index in [-0.39, 0.29) is 5.75 Å².